The monoisotopic (exact) mass is 318 g/mol. The van der Waals surface area contributed by atoms with Crippen LogP contribution in [-0.4, -0.2) is 30.0 Å². The number of aliphatic hydroxyl groups excluding tert-OH is 1. The van der Waals surface area contributed by atoms with E-state index in [0.717, 1.165) is 0 Å². The summed E-state index contributed by atoms with van der Waals surface area (Å²) in [6.07, 6.45) is -5.06. The normalized spacial score (nSPS) is 13.0. The van der Waals surface area contributed by atoms with Crippen LogP contribution >= 0.6 is 0 Å². The number of urea groups is 1. The van der Waals surface area contributed by atoms with Crippen LogP contribution in [0.15, 0.2) is 24.3 Å². The van der Waals surface area contributed by atoms with Crippen molar-refractivity contribution in [3.63, 3.8) is 0 Å². The minimum Gasteiger partial charge on any atom is -0.396 e. The van der Waals surface area contributed by atoms with E-state index in [9.17, 15) is 18.0 Å². The number of halogens is 3. The Morgan fingerprint density at radius 2 is 1.91 bits per heavy atom. The summed E-state index contributed by atoms with van der Waals surface area (Å²) in [5.74, 6) is 0.100. The molecule has 1 aromatic carbocycles. The van der Waals surface area contributed by atoms with Gasteiger partial charge in [0.2, 0.25) is 0 Å². The standard InChI is InChI=1S/C15H21F3N2O2/c1-10(2)12(7-8-21)19-14(22)20-13-6-4-3-5-11(13)9-15(16,17)18/h3-6,10,12,21H,7-9H2,1-2H3,(H2,19,20,22). The molecule has 0 saturated heterocycles. The van der Waals surface area contributed by atoms with Crippen LogP contribution in [0.2, 0.25) is 0 Å². The lowest BCUT2D eigenvalue weighted by Crippen LogP contribution is -2.41. The van der Waals surface area contributed by atoms with Gasteiger partial charge >= 0.3 is 12.2 Å². The van der Waals surface area contributed by atoms with Gasteiger partial charge in [0.25, 0.3) is 0 Å². The number of alkyl halides is 3. The number of para-hydroxylation sites is 1. The molecule has 0 aliphatic carbocycles. The number of hydrogen-bond donors (Lipinski definition) is 3. The highest BCUT2D eigenvalue weighted by molar-refractivity contribution is 5.90. The quantitative estimate of drug-likeness (QED) is 0.753. The van der Waals surface area contributed by atoms with Crippen LogP contribution in [0, 0.1) is 5.92 Å². The Morgan fingerprint density at radius 3 is 2.45 bits per heavy atom. The Hall–Kier alpha value is -1.76. The minimum absolute atomic E-state index is 0.00778. The summed E-state index contributed by atoms with van der Waals surface area (Å²) in [5, 5.41) is 14.1. The summed E-state index contributed by atoms with van der Waals surface area (Å²) < 4.78 is 37.6. The first kappa shape index (κ1) is 18.3. The summed E-state index contributed by atoms with van der Waals surface area (Å²) in [7, 11) is 0. The maximum atomic E-state index is 12.5. The summed E-state index contributed by atoms with van der Waals surface area (Å²) >= 11 is 0. The number of carbonyl (C=O) groups excluding carboxylic acids is 1. The molecule has 1 aromatic rings. The third-order valence-electron chi connectivity index (χ3n) is 3.22. The zero-order chi connectivity index (χ0) is 16.8. The van der Waals surface area contributed by atoms with Crippen LogP contribution in [-0.2, 0) is 6.42 Å². The highest BCUT2D eigenvalue weighted by Crippen LogP contribution is 2.26. The predicted octanol–water partition coefficient (Wildman–Crippen LogP) is 3.32. The van der Waals surface area contributed by atoms with Crippen molar-refractivity contribution in [3.8, 4) is 0 Å². The number of rotatable bonds is 6. The molecule has 0 saturated carbocycles. The number of hydrogen-bond acceptors (Lipinski definition) is 2. The third-order valence-corrected chi connectivity index (χ3v) is 3.22. The van der Waals surface area contributed by atoms with E-state index in [1.165, 1.54) is 18.2 Å². The highest BCUT2D eigenvalue weighted by atomic mass is 19.4. The number of aliphatic hydroxyl groups is 1. The van der Waals surface area contributed by atoms with Crippen molar-refractivity contribution in [3.05, 3.63) is 29.8 Å². The van der Waals surface area contributed by atoms with E-state index in [0.29, 0.717) is 6.42 Å². The SMILES string of the molecule is CC(C)C(CCO)NC(=O)Nc1ccccc1CC(F)(F)F. The van der Waals surface area contributed by atoms with Crippen LogP contribution in [0.1, 0.15) is 25.8 Å². The van der Waals surface area contributed by atoms with Crippen LogP contribution in [0.25, 0.3) is 0 Å². The highest BCUT2D eigenvalue weighted by Gasteiger charge is 2.29. The molecule has 22 heavy (non-hydrogen) atoms. The van der Waals surface area contributed by atoms with Crippen LogP contribution < -0.4 is 10.6 Å². The molecule has 0 heterocycles. The van der Waals surface area contributed by atoms with Crippen molar-refractivity contribution in [1.29, 1.82) is 0 Å². The maximum absolute atomic E-state index is 12.5. The van der Waals surface area contributed by atoms with Gasteiger partial charge in [0.1, 0.15) is 0 Å². The molecule has 1 rings (SSSR count). The Bertz CT molecular complexity index is 490. The Balaban J connectivity index is 2.75. The van der Waals surface area contributed by atoms with E-state index in [2.05, 4.69) is 10.6 Å². The number of amides is 2. The van der Waals surface area contributed by atoms with Crippen molar-refractivity contribution >= 4 is 11.7 Å². The molecule has 0 aromatic heterocycles. The lowest BCUT2D eigenvalue weighted by atomic mass is 10.0. The van der Waals surface area contributed by atoms with Gasteiger partial charge < -0.3 is 15.7 Å². The first-order valence-electron chi connectivity index (χ1n) is 7.06. The topological polar surface area (TPSA) is 61.4 Å². The van der Waals surface area contributed by atoms with Gasteiger partial charge in [0.15, 0.2) is 0 Å². The van der Waals surface area contributed by atoms with E-state index in [1.54, 1.807) is 6.07 Å². The first-order valence-corrected chi connectivity index (χ1v) is 7.06. The van der Waals surface area contributed by atoms with Gasteiger partial charge in [0, 0.05) is 18.3 Å². The van der Waals surface area contributed by atoms with E-state index >= 15 is 0 Å². The van der Waals surface area contributed by atoms with Gasteiger partial charge in [0.05, 0.1) is 6.42 Å². The van der Waals surface area contributed by atoms with Crippen LogP contribution in [0.5, 0.6) is 0 Å². The minimum atomic E-state index is -4.34. The van der Waals surface area contributed by atoms with E-state index < -0.39 is 18.6 Å². The third kappa shape index (κ3) is 6.34. The molecule has 0 fully saturated rings. The zero-order valence-electron chi connectivity index (χ0n) is 12.6. The molecule has 0 aliphatic heterocycles. The van der Waals surface area contributed by atoms with Crippen molar-refractivity contribution in [2.24, 2.45) is 5.92 Å². The molecular formula is C15H21F3N2O2. The summed E-state index contributed by atoms with van der Waals surface area (Å²) in [6, 6.07) is 4.98. The van der Waals surface area contributed by atoms with Crippen molar-refractivity contribution in [1.82, 2.24) is 5.32 Å². The van der Waals surface area contributed by atoms with E-state index in [1.807, 2.05) is 13.8 Å². The zero-order valence-corrected chi connectivity index (χ0v) is 12.6. The van der Waals surface area contributed by atoms with Gasteiger partial charge in [-0.05, 0) is 24.0 Å². The van der Waals surface area contributed by atoms with Crippen LogP contribution in [0.3, 0.4) is 0 Å². The fraction of sp³-hybridized carbons (Fsp3) is 0.533. The van der Waals surface area contributed by atoms with E-state index in [4.69, 9.17) is 5.11 Å². The van der Waals surface area contributed by atoms with Crippen molar-refractivity contribution in [2.75, 3.05) is 11.9 Å². The molecule has 1 atom stereocenters. The first-order chi connectivity index (χ1) is 10.2. The lowest BCUT2D eigenvalue weighted by Gasteiger charge is -2.22. The summed E-state index contributed by atoms with van der Waals surface area (Å²) in [6.45, 7) is 3.70. The molecule has 0 bridgehead atoms. The number of nitrogens with one attached hydrogen (secondary N) is 2. The Kier molecular flexibility index (Phi) is 6.67. The van der Waals surface area contributed by atoms with Crippen molar-refractivity contribution < 1.29 is 23.1 Å². The average Bonchev–Trinajstić information content (AvgIpc) is 2.38. The second kappa shape index (κ2) is 8.03. The lowest BCUT2D eigenvalue weighted by molar-refractivity contribution is -0.127. The largest absolute Gasteiger partial charge is 0.396 e. The molecule has 124 valence electrons. The fourth-order valence-electron chi connectivity index (χ4n) is 2.05. The van der Waals surface area contributed by atoms with Gasteiger partial charge in [-0.2, -0.15) is 13.2 Å². The molecule has 0 spiro atoms. The molecule has 7 heteroatoms. The number of benzene rings is 1. The molecular weight excluding hydrogens is 297 g/mol. The van der Waals surface area contributed by atoms with Gasteiger partial charge in [-0.25, -0.2) is 4.79 Å². The average molecular weight is 318 g/mol. The second-order valence-corrected chi connectivity index (χ2v) is 5.41. The summed E-state index contributed by atoms with van der Waals surface area (Å²) in [4.78, 5) is 11.9. The van der Waals surface area contributed by atoms with Crippen LogP contribution in [0.4, 0.5) is 23.7 Å². The predicted molar refractivity (Wildman–Crippen MR) is 78.7 cm³/mol. The molecule has 4 nitrogen and oxygen atoms in total. The molecule has 0 aliphatic rings. The molecule has 1 unspecified atom stereocenters. The summed E-state index contributed by atoms with van der Waals surface area (Å²) in [5.41, 5.74) is 0.136. The van der Waals surface area contributed by atoms with Gasteiger partial charge in [-0.1, -0.05) is 32.0 Å². The Labute approximate surface area is 127 Å². The maximum Gasteiger partial charge on any atom is 0.393 e. The second-order valence-electron chi connectivity index (χ2n) is 5.41. The van der Waals surface area contributed by atoms with Gasteiger partial charge in [-0.15, -0.1) is 0 Å². The fourth-order valence-corrected chi connectivity index (χ4v) is 2.05. The number of carbonyl (C=O) groups is 1. The smallest absolute Gasteiger partial charge is 0.393 e. The van der Waals surface area contributed by atoms with Gasteiger partial charge in [-0.3, -0.25) is 0 Å². The van der Waals surface area contributed by atoms with E-state index in [-0.39, 0.29) is 29.8 Å². The number of anilines is 1. The van der Waals surface area contributed by atoms with Crippen molar-refractivity contribution in [2.45, 2.75) is 38.9 Å². The molecule has 2 amide bonds. The molecule has 0 radical (unpaired) electrons. The molecule has 3 N–H and O–H groups in total. The Morgan fingerprint density at radius 1 is 1.27 bits per heavy atom.